The van der Waals surface area contributed by atoms with Crippen molar-refractivity contribution in [3.63, 3.8) is 0 Å². The van der Waals surface area contributed by atoms with Crippen LogP contribution in [0.1, 0.15) is 46.6 Å². The predicted molar refractivity (Wildman–Crippen MR) is 151 cm³/mol. The third-order valence-electron chi connectivity index (χ3n) is 7.30. The van der Waals surface area contributed by atoms with Gasteiger partial charge >= 0.3 is 6.03 Å². The third-order valence-corrected chi connectivity index (χ3v) is 7.30. The average Bonchev–Trinajstić information content (AvgIpc) is 3.52. The highest BCUT2D eigenvalue weighted by molar-refractivity contribution is 5.91. The Morgan fingerprint density at radius 3 is 2.39 bits per heavy atom. The topological polar surface area (TPSA) is 55.1 Å². The first-order chi connectivity index (χ1) is 18.5. The van der Waals surface area contributed by atoms with Gasteiger partial charge in [-0.15, -0.1) is 0 Å². The number of hydrogen-bond acceptors (Lipinski definition) is 2. The maximum Gasteiger partial charge on any atom is 0.322 e. The minimum absolute atomic E-state index is 0.138. The van der Waals surface area contributed by atoms with Crippen molar-refractivity contribution in [1.29, 1.82) is 0 Å². The van der Waals surface area contributed by atoms with Crippen LogP contribution in [0.3, 0.4) is 0 Å². The van der Waals surface area contributed by atoms with E-state index in [-0.39, 0.29) is 12.1 Å². The number of amides is 2. The molecule has 3 heterocycles. The fourth-order valence-electron chi connectivity index (χ4n) is 5.48. The van der Waals surface area contributed by atoms with Gasteiger partial charge in [-0.1, -0.05) is 73.2 Å². The van der Waals surface area contributed by atoms with Crippen LogP contribution in [0.15, 0.2) is 97.2 Å². The SMILES string of the molecule is CCc1nn(-c2ccccc2)c2c1CN(C(=O)Nc1ccc(C)cc1C)[C@@H](c1ccccc1)c1cccn1-2. The number of urea groups is 1. The second-order valence-corrected chi connectivity index (χ2v) is 9.84. The highest BCUT2D eigenvalue weighted by Gasteiger charge is 2.36. The number of nitrogens with one attached hydrogen (secondary N) is 1. The summed E-state index contributed by atoms with van der Waals surface area (Å²) in [6, 6.07) is 30.3. The Morgan fingerprint density at radius 2 is 1.68 bits per heavy atom. The van der Waals surface area contributed by atoms with Gasteiger partial charge in [0.15, 0.2) is 0 Å². The average molecular weight is 502 g/mol. The fourth-order valence-corrected chi connectivity index (χ4v) is 5.48. The first-order valence-corrected chi connectivity index (χ1v) is 13.1. The van der Waals surface area contributed by atoms with Gasteiger partial charge in [-0.2, -0.15) is 5.10 Å². The molecule has 1 aliphatic heterocycles. The Morgan fingerprint density at radius 1 is 0.947 bits per heavy atom. The van der Waals surface area contributed by atoms with Gasteiger partial charge in [0.2, 0.25) is 0 Å². The summed E-state index contributed by atoms with van der Waals surface area (Å²) in [6.07, 6.45) is 2.84. The lowest BCUT2D eigenvalue weighted by Gasteiger charge is -2.31. The summed E-state index contributed by atoms with van der Waals surface area (Å²) in [7, 11) is 0. The molecule has 2 amide bonds. The molecule has 6 rings (SSSR count). The van der Waals surface area contributed by atoms with Crippen LogP contribution in [0.4, 0.5) is 10.5 Å². The molecule has 0 saturated heterocycles. The van der Waals surface area contributed by atoms with Gasteiger partial charge in [0.1, 0.15) is 5.82 Å². The molecular weight excluding hydrogens is 470 g/mol. The Hall–Kier alpha value is -4.58. The maximum atomic E-state index is 14.1. The van der Waals surface area contributed by atoms with Crippen LogP contribution in [0.5, 0.6) is 0 Å². The van der Waals surface area contributed by atoms with Crippen molar-refractivity contribution in [3.8, 4) is 11.5 Å². The van der Waals surface area contributed by atoms with E-state index < -0.39 is 0 Å². The summed E-state index contributed by atoms with van der Waals surface area (Å²) < 4.78 is 4.22. The number of anilines is 1. The molecule has 38 heavy (non-hydrogen) atoms. The molecule has 0 fully saturated rings. The van der Waals surface area contributed by atoms with Crippen LogP contribution in [-0.4, -0.2) is 25.3 Å². The number of hydrogen-bond donors (Lipinski definition) is 1. The molecule has 6 heteroatoms. The summed E-state index contributed by atoms with van der Waals surface area (Å²) >= 11 is 0. The van der Waals surface area contributed by atoms with E-state index in [0.29, 0.717) is 6.54 Å². The van der Waals surface area contributed by atoms with Gasteiger partial charge in [0.05, 0.1) is 29.7 Å². The molecule has 1 atom stereocenters. The van der Waals surface area contributed by atoms with Crippen molar-refractivity contribution in [1.82, 2.24) is 19.2 Å². The van der Waals surface area contributed by atoms with Gasteiger partial charge in [0, 0.05) is 17.4 Å². The van der Waals surface area contributed by atoms with Gasteiger partial charge in [-0.25, -0.2) is 9.48 Å². The van der Waals surface area contributed by atoms with Gasteiger partial charge in [0.25, 0.3) is 0 Å². The first kappa shape index (κ1) is 23.8. The van der Waals surface area contributed by atoms with E-state index in [0.717, 1.165) is 51.7 Å². The molecule has 3 aromatic carbocycles. The van der Waals surface area contributed by atoms with E-state index in [1.165, 1.54) is 5.56 Å². The van der Waals surface area contributed by atoms with Crippen LogP contribution < -0.4 is 5.32 Å². The lowest BCUT2D eigenvalue weighted by Crippen LogP contribution is -2.38. The van der Waals surface area contributed by atoms with Gasteiger partial charge in [-0.05, 0) is 61.7 Å². The van der Waals surface area contributed by atoms with Crippen molar-refractivity contribution in [2.75, 3.05) is 5.32 Å². The highest BCUT2D eigenvalue weighted by atomic mass is 16.2. The van der Waals surface area contributed by atoms with Gasteiger partial charge < -0.3 is 14.8 Å². The molecule has 1 N–H and O–H groups in total. The number of aryl methyl sites for hydroxylation is 3. The van der Waals surface area contributed by atoms with Crippen LogP contribution >= 0.6 is 0 Å². The molecule has 190 valence electrons. The molecule has 0 spiro atoms. The molecule has 0 radical (unpaired) electrons. The second kappa shape index (κ2) is 9.71. The summed E-state index contributed by atoms with van der Waals surface area (Å²) in [5.74, 6) is 0.982. The molecule has 6 nitrogen and oxygen atoms in total. The number of para-hydroxylation sites is 1. The molecule has 0 unspecified atom stereocenters. The summed E-state index contributed by atoms with van der Waals surface area (Å²) in [5.41, 5.74) is 8.15. The number of nitrogens with zero attached hydrogens (tertiary/aromatic N) is 4. The van der Waals surface area contributed by atoms with Crippen LogP contribution in [0.25, 0.3) is 11.5 Å². The molecular formula is C32H31N5O. The van der Waals surface area contributed by atoms with E-state index >= 15 is 0 Å². The zero-order chi connectivity index (χ0) is 26.2. The van der Waals surface area contributed by atoms with Crippen molar-refractivity contribution < 1.29 is 4.79 Å². The Labute approximate surface area is 223 Å². The molecule has 1 aliphatic rings. The molecule has 0 aliphatic carbocycles. The fraction of sp³-hybridized carbons (Fsp3) is 0.188. The minimum atomic E-state index is -0.279. The molecule has 0 saturated carbocycles. The van der Waals surface area contributed by atoms with E-state index in [1.807, 2.05) is 65.0 Å². The number of fused-ring (bicyclic) bond motifs is 3. The van der Waals surface area contributed by atoms with Crippen molar-refractivity contribution >= 4 is 11.7 Å². The zero-order valence-electron chi connectivity index (χ0n) is 21.9. The van der Waals surface area contributed by atoms with E-state index in [9.17, 15) is 4.79 Å². The van der Waals surface area contributed by atoms with Crippen LogP contribution in [0, 0.1) is 13.8 Å². The largest absolute Gasteiger partial charge is 0.322 e. The second-order valence-electron chi connectivity index (χ2n) is 9.84. The van der Waals surface area contributed by atoms with Crippen molar-refractivity contribution in [2.24, 2.45) is 0 Å². The zero-order valence-corrected chi connectivity index (χ0v) is 21.9. The Bertz CT molecular complexity index is 1600. The molecule has 2 aromatic heterocycles. The standard InChI is InChI=1S/C32H31N5O/c1-4-27-26-21-36(32(38)33-28-18-17-22(2)20-23(28)3)30(24-12-7-5-8-13-24)29-16-11-19-35(29)31(26)37(34-27)25-14-9-6-10-15-25/h5-20,30H,4,21H2,1-3H3,(H,33,38)/t30-/m0/s1. The van der Waals surface area contributed by atoms with Crippen molar-refractivity contribution in [3.05, 3.63) is 131 Å². The lowest BCUT2D eigenvalue weighted by molar-refractivity contribution is 0.194. The Balaban J connectivity index is 1.54. The summed E-state index contributed by atoms with van der Waals surface area (Å²) in [4.78, 5) is 16.1. The minimum Gasteiger partial charge on any atom is -0.308 e. The van der Waals surface area contributed by atoms with Crippen LogP contribution in [-0.2, 0) is 13.0 Å². The first-order valence-electron chi connectivity index (χ1n) is 13.1. The number of carbonyl (C=O) groups is 1. The van der Waals surface area contributed by atoms with E-state index in [4.69, 9.17) is 5.10 Å². The smallest absolute Gasteiger partial charge is 0.308 e. The van der Waals surface area contributed by atoms with E-state index in [1.54, 1.807) is 0 Å². The summed E-state index contributed by atoms with van der Waals surface area (Å²) in [5, 5.41) is 8.25. The number of aromatic nitrogens is 3. The maximum absolute atomic E-state index is 14.1. The highest BCUT2D eigenvalue weighted by Crippen LogP contribution is 2.39. The normalized spacial score (nSPS) is 14.5. The molecule has 0 bridgehead atoms. The number of benzene rings is 3. The lowest BCUT2D eigenvalue weighted by atomic mass is 10.0. The van der Waals surface area contributed by atoms with E-state index in [2.05, 4.69) is 72.4 Å². The third kappa shape index (κ3) is 4.08. The van der Waals surface area contributed by atoms with Crippen LogP contribution in [0.2, 0.25) is 0 Å². The molecule has 5 aromatic rings. The van der Waals surface area contributed by atoms with Gasteiger partial charge in [-0.3, -0.25) is 0 Å². The summed E-state index contributed by atoms with van der Waals surface area (Å²) in [6.45, 7) is 6.64. The monoisotopic (exact) mass is 501 g/mol. The predicted octanol–water partition coefficient (Wildman–Crippen LogP) is 6.98. The quantitative estimate of drug-likeness (QED) is 0.289. The number of carbonyl (C=O) groups excluding carboxylic acids is 1. The Kier molecular flexibility index (Phi) is 6.08. The van der Waals surface area contributed by atoms with Crippen molar-refractivity contribution in [2.45, 2.75) is 39.8 Å². The number of rotatable bonds is 4.